The summed E-state index contributed by atoms with van der Waals surface area (Å²) in [5.74, 6) is -3.05. The Bertz CT molecular complexity index is 1480. The monoisotopic (exact) mass is 583 g/mol. The Labute approximate surface area is 228 Å². The van der Waals surface area contributed by atoms with Gasteiger partial charge in [-0.15, -0.1) is 0 Å². The number of imidazole rings is 1. The SMILES string of the molecule is CC(=O)Nc1nc(OC(C)c2ccc(CNC(=O)C(F)(F)F)cc2[N+](=O)[O-])c2ncn([C@H]3C[C@@H](O)[C@@H](CO)O3)c2n1. The summed E-state index contributed by atoms with van der Waals surface area (Å²) in [4.78, 5) is 46.5. The molecule has 220 valence electrons. The van der Waals surface area contributed by atoms with Crippen LogP contribution in [-0.2, 0) is 20.9 Å². The molecule has 2 aromatic heterocycles. The van der Waals surface area contributed by atoms with Gasteiger partial charge in [-0.1, -0.05) is 6.07 Å². The summed E-state index contributed by atoms with van der Waals surface area (Å²) in [6.07, 6.45) is -7.31. The number of aliphatic hydroxyl groups excluding tert-OH is 2. The maximum atomic E-state index is 12.5. The molecule has 2 amide bonds. The largest absolute Gasteiger partial charge is 0.471 e. The number of rotatable bonds is 9. The van der Waals surface area contributed by atoms with Gasteiger partial charge in [-0.05, 0) is 18.6 Å². The molecule has 4 N–H and O–H groups in total. The zero-order valence-corrected chi connectivity index (χ0v) is 21.5. The molecule has 3 aromatic rings. The van der Waals surface area contributed by atoms with Crippen LogP contribution in [0.4, 0.5) is 24.8 Å². The first kappa shape index (κ1) is 29.6. The summed E-state index contributed by atoms with van der Waals surface area (Å²) in [6.45, 7) is 1.65. The first-order valence-electron chi connectivity index (χ1n) is 12.0. The van der Waals surface area contributed by atoms with E-state index in [1.165, 1.54) is 36.9 Å². The van der Waals surface area contributed by atoms with Crippen molar-refractivity contribution in [2.75, 3.05) is 11.9 Å². The van der Waals surface area contributed by atoms with Crippen molar-refractivity contribution in [2.24, 2.45) is 0 Å². The van der Waals surface area contributed by atoms with Gasteiger partial charge in [0.05, 0.1) is 29.5 Å². The maximum absolute atomic E-state index is 12.5. The minimum Gasteiger partial charge on any atom is -0.468 e. The van der Waals surface area contributed by atoms with Crippen molar-refractivity contribution in [3.05, 3.63) is 45.8 Å². The van der Waals surface area contributed by atoms with Crippen molar-refractivity contribution in [3.63, 3.8) is 0 Å². The molecule has 41 heavy (non-hydrogen) atoms. The van der Waals surface area contributed by atoms with Crippen LogP contribution in [0.3, 0.4) is 0 Å². The molecule has 1 saturated heterocycles. The molecule has 0 spiro atoms. The highest BCUT2D eigenvalue weighted by atomic mass is 19.4. The molecule has 1 unspecified atom stereocenters. The zero-order chi connectivity index (χ0) is 30.1. The van der Waals surface area contributed by atoms with Crippen LogP contribution in [0.5, 0.6) is 5.88 Å². The fourth-order valence-electron chi connectivity index (χ4n) is 4.16. The van der Waals surface area contributed by atoms with Gasteiger partial charge in [-0.3, -0.25) is 29.6 Å². The van der Waals surface area contributed by atoms with E-state index in [0.717, 1.165) is 6.07 Å². The second-order valence-electron chi connectivity index (χ2n) is 9.06. The molecule has 4 atom stereocenters. The normalized spacial score (nSPS) is 19.6. The third-order valence-electron chi connectivity index (χ3n) is 6.10. The number of amides is 2. The molecular weight excluding hydrogens is 559 g/mol. The Morgan fingerprint density at radius 3 is 2.68 bits per heavy atom. The number of benzene rings is 1. The number of aliphatic hydroxyl groups is 2. The number of nitro benzene ring substituents is 1. The molecule has 1 aliphatic rings. The molecule has 0 aliphatic carbocycles. The first-order valence-corrected chi connectivity index (χ1v) is 12.0. The van der Waals surface area contributed by atoms with Crippen LogP contribution in [0.25, 0.3) is 11.2 Å². The van der Waals surface area contributed by atoms with Gasteiger partial charge in [0, 0.05) is 26.0 Å². The Morgan fingerprint density at radius 2 is 2.07 bits per heavy atom. The van der Waals surface area contributed by atoms with Gasteiger partial charge >= 0.3 is 12.1 Å². The number of anilines is 1. The smallest absolute Gasteiger partial charge is 0.468 e. The van der Waals surface area contributed by atoms with E-state index in [1.807, 2.05) is 0 Å². The van der Waals surface area contributed by atoms with Crippen LogP contribution >= 0.6 is 0 Å². The number of nitro groups is 1. The number of carbonyl (C=O) groups excluding carboxylic acids is 2. The topological polar surface area (TPSA) is 204 Å². The summed E-state index contributed by atoms with van der Waals surface area (Å²) in [7, 11) is 0. The summed E-state index contributed by atoms with van der Waals surface area (Å²) >= 11 is 0. The van der Waals surface area contributed by atoms with Gasteiger partial charge in [0.15, 0.2) is 11.2 Å². The van der Waals surface area contributed by atoms with Crippen LogP contribution in [-0.4, -0.2) is 71.5 Å². The molecule has 0 radical (unpaired) electrons. The van der Waals surface area contributed by atoms with Crippen molar-refractivity contribution in [2.45, 2.75) is 57.5 Å². The fourth-order valence-corrected chi connectivity index (χ4v) is 4.16. The number of nitrogens with zero attached hydrogens (tertiary/aromatic N) is 5. The highest BCUT2D eigenvalue weighted by molar-refractivity contribution is 5.88. The van der Waals surface area contributed by atoms with Crippen molar-refractivity contribution >= 4 is 34.6 Å². The predicted molar refractivity (Wildman–Crippen MR) is 131 cm³/mol. The number of ether oxygens (including phenoxy) is 2. The minimum absolute atomic E-state index is 0.0289. The van der Waals surface area contributed by atoms with E-state index in [0.29, 0.717) is 0 Å². The van der Waals surface area contributed by atoms with E-state index in [-0.39, 0.29) is 40.5 Å². The Hall–Kier alpha value is -4.42. The lowest BCUT2D eigenvalue weighted by molar-refractivity contribution is -0.386. The highest BCUT2D eigenvalue weighted by Gasteiger charge is 2.38. The fraction of sp³-hybridized carbons (Fsp3) is 0.435. The number of aromatic nitrogens is 4. The van der Waals surface area contributed by atoms with E-state index < -0.39 is 66.3 Å². The average Bonchev–Trinajstić information content (AvgIpc) is 3.49. The van der Waals surface area contributed by atoms with Gasteiger partial charge in [0.1, 0.15) is 18.4 Å². The summed E-state index contributed by atoms with van der Waals surface area (Å²) in [6, 6.07) is 3.58. The highest BCUT2D eigenvalue weighted by Crippen LogP contribution is 2.35. The zero-order valence-electron chi connectivity index (χ0n) is 21.5. The minimum atomic E-state index is -5.11. The molecule has 0 bridgehead atoms. The van der Waals surface area contributed by atoms with Gasteiger partial charge < -0.3 is 25.0 Å². The van der Waals surface area contributed by atoms with E-state index in [9.17, 15) is 43.1 Å². The lowest BCUT2D eigenvalue weighted by Gasteiger charge is -2.17. The molecule has 0 saturated carbocycles. The molecular formula is C23H24F3N7O8. The third kappa shape index (κ3) is 6.50. The number of hydrogen-bond donors (Lipinski definition) is 4. The van der Waals surface area contributed by atoms with Crippen molar-refractivity contribution in [1.82, 2.24) is 24.8 Å². The molecule has 4 rings (SSSR count). The van der Waals surface area contributed by atoms with Crippen LogP contribution < -0.4 is 15.4 Å². The molecule has 1 aliphatic heterocycles. The second-order valence-corrected chi connectivity index (χ2v) is 9.06. The van der Waals surface area contributed by atoms with Crippen LogP contribution in [0, 0.1) is 10.1 Å². The van der Waals surface area contributed by atoms with Crippen LogP contribution in [0.2, 0.25) is 0 Å². The van der Waals surface area contributed by atoms with Crippen molar-refractivity contribution in [3.8, 4) is 5.88 Å². The number of carbonyl (C=O) groups is 2. The van der Waals surface area contributed by atoms with E-state index in [4.69, 9.17) is 9.47 Å². The molecule has 15 nitrogen and oxygen atoms in total. The third-order valence-corrected chi connectivity index (χ3v) is 6.10. The molecule has 1 fully saturated rings. The average molecular weight is 583 g/mol. The summed E-state index contributed by atoms with van der Waals surface area (Å²) < 4.78 is 50.5. The van der Waals surface area contributed by atoms with Gasteiger partial charge in [0.25, 0.3) is 5.69 Å². The Morgan fingerprint density at radius 1 is 1.34 bits per heavy atom. The molecule has 3 heterocycles. The first-order chi connectivity index (χ1) is 19.3. The second kappa shape index (κ2) is 11.6. The number of hydrogen-bond acceptors (Lipinski definition) is 11. The van der Waals surface area contributed by atoms with E-state index >= 15 is 0 Å². The van der Waals surface area contributed by atoms with Crippen molar-refractivity contribution in [1.29, 1.82) is 0 Å². The molecule has 1 aromatic carbocycles. The number of alkyl halides is 3. The van der Waals surface area contributed by atoms with Crippen molar-refractivity contribution < 1.29 is 47.4 Å². The number of halogens is 3. The predicted octanol–water partition coefficient (Wildman–Crippen LogP) is 1.65. The van der Waals surface area contributed by atoms with Gasteiger partial charge in [-0.2, -0.15) is 23.1 Å². The Kier molecular flexibility index (Phi) is 8.36. The number of fused-ring (bicyclic) bond motifs is 1. The van der Waals surface area contributed by atoms with E-state index in [1.54, 1.807) is 5.32 Å². The quantitative estimate of drug-likeness (QED) is 0.211. The van der Waals surface area contributed by atoms with Crippen LogP contribution in [0.1, 0.15) is 43.7 Å². The van der Waals surface area contributed by atoms with Crippen LogP contribution in [0.15, 0.2) is 24.5 Å². The van der Waals surface area contributed by atoms with E-state index in [2.05, 4.69) is 20.3 Å². The molecule has 18 heteroatoms. The maximum Gasteiger partial charge on any atom is 0.471 e. The van der Waals surface area contributed by atoms with Gasteiger partial charge in [0.2, 0.25) is 17.7 Å². The lowest BCUT2D eigenvalue weighted by Crippen LogP contribution is -2.36. The summed E-state index contributed by atoms with van der Waals surface area (Å²) in [5.41, 5.74) is -0.197. The number of nitrogens with one attached hydrogen (secondary N) is 2. The Balaban J connectivity index is 1.65. The lowest BCUT2D eigenvalue weighted by atomic mass is 10.0. The van der Waals surface area contributed by atoms with Gasteiger partial charge in [-0.25, -0.2) is 4.98 Å². The standard InChI is InChI=1S/C23H24F3N7O8/c1-10(13-4-3-12(5-14(13)33(38)39)7-27-21(37)23(24,25)26)40-20-18-19(30-22(31-20)29-11(2)35)32(9-28-18)17-6-15(36)16(8-34)41-17/h3-5,9-10,15-17,34,36H,6-8H2,1-2H3,(H,27,37)(H,29,30,31,35)/t10?,15-,16-,17-/m1/s1. The summed E-state index contributed by atoms with van der Waals surface area (Å²) in [5, 5.41) is 35.4.